The van der Waals surface area contributed by atoms with Crippen LogP contribution in [0.1, 0.15) is 32.1 Å². The van der Waals surface area contributed by atoms with Gasteiger partial charge in [0.2, 0.25) is 5.91 Å². The van der Waals surface area contributed by atoms with Gasteiger partial charge in [0.05, 0.1) is 16.1 Å². The summed E-state index contributed by atoms with van der Waals surface area (Å²) in [4.78, 5) is 43.6. The highest BCUT2D eigenvalue weighted by Gasteiger charge is 2.35. The van der Waals surface area contributed by atoms with Gasteiger partial charge in [0.15, 0.2) is 0 Å². The van der Waals surface area contributed by atoms with E-state index in [1.807, 2.05) is 5.38 Å². The number of rotatable bonds is 6. The Bertz CT molecular complexity index is 738. The number of carbonyl (C=O) groups is 3. The van der Waals surface area contributed by atoms with Gasteiger partial charge in [-0.05, 0) is 12.1 Å². The third-order valence-corrected chi connectivity index (χ3v) is 4.84. The third kappa shape index (κ3) is 3.21. The summed E-state index contributed by atoms with van der Waals surface area (Å²) in [6.45, 7) is 0.668. The first-order valence-corrected chi connectivity index (χ1v) is 8.53. The number of nitrogens with zero attached hydrogens (tertiary/aromatic N) is 3. The highest BCUT2D eigenvalue weighted by atomic mass is 32.1. The van der Waals surface area contributed by atoms with Crippen LogP contribution in [0.4, 0.5) is 0 Å². The van der Waals surface area contributed by atoms with Gasteiger partial charge in [-0.25, -0.2) is 4.98 Å². The second-order valence-corrected chi connectivity index (χ2v) is 6.53. The minimum Gasteiger partial charge on any atom is -0.345 e. The van der Waals surface area contributed by atoms with Gasteiger partial charge in [0.25, 0.3) is 11.8 Å². The summed E-state index contributed by atoms with van der Waals surface area (Å²) in [6.07, 6.45) is 2.57. The molecule has 1 aliphatic rings. The van der Waals surface area contributed by atoms with E-state index < -0.39 is 0 Å². The molecule has 1 aromatic heterocycles. The van der Waals surface area contributed by atoms with Crippen LogP contribution in [0, 0.1) is 0 Å². The van der Waals surface area contributed by atoms with Gasteiger partial charge < -0.3 is 4.90 Å². The van der Waals surface area contributed by atoms with E-state index in [-0.39, 0.29) is 30.7 Å². The van der Waals surface area contributed by atoms with E-state index in [4.69, 9.17) is 0 Å². The predicted molar refractivity (Wildman–Crippen MR) is 89.9 cm³/mol. The normalized spacial score (nSPS) is 13.3. The largest absolute Gasteiger partial charge is 0.345 e. The highest BCUT2D eigenvalue weighted by Crippen LogP contribution is 2.22. The van der Waals surface area contributed by atoms with Crippen molar-refractivity contribution >= 4 is 29.1 Å². The molecular formula is C17H17N3O3S. The van der Waals surface area contributed by atoms with Gasteiger partial charge in [-0.15, -0.1) is 11.3 Å². The number of amides is 3. The summed E-state index contributed by atoms with van der Waals surface area (Å²) in [5.41, 5.74) is 0.819. The first kappa shape index (κ1) is 16.3. The van der Waals surface area contributed by atoms with Crippen LogP contribution in [0.5, 0.6) is 0 Å². The molecule has 124 valence electrons. The fourth-order valence-corrected chi connectivity index (χ4v) is 3.21. The Labute approximate surface area is 143 Å². The van der Waals surface area contributed by atoms with Crippen molar-refractivity contribution in [3.05, 3.63) is 52.0 Å². The van der Waals surface area contributed by atoms with Crippen molar-refractivity contribution in [2.24, 2.45) is 0 Å². The van der Waals surface area contributed by atoms with Gasteiger partial charge in [0, 0.05) is 44.6 Å². The minimum absolute atomic E-state index is 0.0943. The molecule has 2 heterocycles. The van der Waals surface area contributed by atoms with E-state index in [0.29, 0.717) is 24.1 Å². The minimum atomic E-state index is -0.325. The molecule has 6 nitrogen and oxygen atoms in total. The Hall–Kier alpha value is -2.54. The van der Waals surface area contributed by atoms with E-state index >= 15 is 0 Å². The first-order chi connectivity index (χ1) is 11.6. The maximum absolute atomic E-state index is 12.2. The van der Waals surface area contributed by atoms with Crippen LogP contribution in [0.2, 0.25) is 0 Å². The summed E-state index contributed by atoms with van der Waals surface area (Å²) in [5.74, 6) is -0.745. The zero-order valence-corrected chi connectivity index (χ0v) is 14.1. The molecule has 0 saturated carbocycles. The van der Waals surface area contributed by atoms with E-state index in [2.05, 4.69) is 4.98 Å². The van der Waals surface area contributed by atoms with Crippen LogP contribution in [-0.4, -0.2) is 52.6 Å². The smallest absolute Gasteiger partial charge is 0.261 e. The van der Waals surface area contributed by atoms with Crippen molar-refractivity contribution < 1.29 is 14.4 Å². The average molecular weight is 343 g/mol. The second-order valence-electron chi connectivity index (χ2n) is 5.55. The first-order valence-electron chi connectivity index (χ1n) is 7.65. The molecule has 0 fully saturated rings. The standard InChI is InChI=1S/C17H17N3O3S/c1-19(9-6-14-18-8-11-24-14)15(21)7-10-20-16(22)12-4-2-3-5-13(12)17(20)23/h2-5,8,11H,6-7,9-10H2,1H3. The SMILES string of the molecule is CN(CCc1nccs1)C(=O)CCN1C(=O)c2ccccc2C1=O. The Morgan fingerprint density at radius 3 is 2.46 bits per heavy atom. The van der Waals surface area contributed by atoms with Gasteiger partial charge in [-0.3, -0.25) is 19.3 Å². The van der Waals surface area contributed by atoms with Crippen molar-refractivity contribution in [3.8, 4) is 0 Å². The lowest BCUT2D eigenvalue weighted by Gasteiger charge is -2.19. The molecule has 3 amide bonds. The molecule has 2 aromatic rings. The Morgan fingerprint density at radius 2 is 1.88 bits per heavy atom. The number of hydrogen-bond acceptors (Lipinski definition) is 5. The molecule has 7 heteroatoms. The molecule has 3 rings (SSSR count). The lowest BCUT2D eigenvalue weighted by atomic mass is 10.1. The molecule has 0 aliphatic carbocycles. The van der Waals surface area contributed by atoms with Crippen molar-refractivity contribution in [2.75, 3.05) is 20.1 Å². The zero-order chi connectivity index (χ0) is 17.1. The third-order valence-electron chi connectivity index (χ3n) is 4.00. The van der Waals surface area contributed by atoms with Crippen molar-refractivity contribution in [2.45, 2.75) is 12.8 Å². The average Bonchev–Trinajstić information content (AvgIpc) is 3.19. The molecule has 1 aliphatic heterocycles. The van der Waals surface area contributed by atoms with Gasteiger partial charge in [0.1, 0.15) is 0 Å². The van der Waals surface area contributed by atoms with E-state index in [1.54, 1.807) is 53.7 Å². The number of hydrogen-bond donors (Lipinski definition) is 0. The lowest BCUT2D eigenvalue weighted by molar-refractivity contribution is -0.129. The van der Waals surface area contributed by atoms with E-state index in [1.165, 1.54) is 0 Å². The van der Waals surface area contributed by atoms with Gasteiger partial charge in [-0.2, -0.15) is 0 Å². The monoisotopic (exact) mass is 343 g/mol. The highest BCUT2D eigenvalue weighted by molar-refractivity contribution is 7.09. The topological polar surface area (TPSA) is 70.6 Å². The van der Waals surface area contributed by atoms with Gasteiger partial charge in [-0.1, -0.05) is 12.1 Å². The van der Waals surface area contributed by atoms with Crippen molar-refractivity contribution in [1.29, 1.82) is 0 Å². The number of carbonyl (C=O) groups excluding carboxylic acids is 3. The molecule has 0 atom stereocenters. The Balaban J connectivity index is 1.53. The molecule has 0 radical (unpaired) electrons. The quantitative estimate of drug-likeness (QED) is 0.750. The maximum atomic E-state index is 12.2. The van der Waals surface area contributed by atoms with Crippen LogP contribution in [0.15, 0.2) is 35.8 Å². The molecule has 24 heavy (non-hydrogen) atoms. The molecule has 0 bridgehead atoms. The Morgan fingerprint density at radius 1 is 1.21 bits per heavy atom. The number of aromatic nitrogens is 1. The van der Waals surface area contributed by atoms with Crippen LogP contribution in [-0.2, 0) is 11.2 Å². The summed E-state index contributed by atoms with van der Waals surface area (Å²) in [5, 5.41) is 2.88. The number of fused-ring (bicyclic) bond motifs is 1. The van der Waals surface area contributed by atoms with Crippen LogP contribution < -0.4 is 0 Å². The van der Waals surface area contributed by atoms with Crippen LogP contribution in [0.3, 0.4) is 0 Å². The zero-order valence-electron chi connectivity index (χ0n) is 13.3. The van der Waals surface area contributed by atoms with E-state index in [9.17, 15) is 14.4 Å². The number of benzene rings is 1. The fourth-order valence-electron chi connectivity index (χ4n) is 2.61. The number of thiazole rings is 1. The van der Waals surface area contributed by atoms with Crippen LogP contribution >= 0.6 is 11.3 Å². The molecule has 1 aromatic carbocycles. The summed E-state index contributed by atoms with van der Waals surface area (Å²) in [7, 11) is 1.72. The second kappa shape index (κ2) is 6.92. The fraction of sp³-hybridized carbons (Fsp3) is 0.294. The lowest BCUT2D eigenvalue weighted by Crippen LogP contribution is -2.36. The molecule has 0 unspecified atom stereocenters. The molecular weight excluding hydrogens is 326 g/mol. The molecule has 0 N–H and O–H groups in total. The van der Waals surface area contributed by atoms with Crippen molar-refractivity contribution in [3.63, 3.8) is 0 Å². The van der Waals surface area contributed by atoms with Crippen molar-refractivity contribution in [1.82, 2.24) is 14.8 Å². The predicted octanol–water partition coefficient (Wildman–Crippen LogP) is 1.83. The van der Waals surface area contributed by atoms with E-state index in [0.717, 1.165) is 9.91 Å². The number of imide groups is 1. The molecule has 0 spiro atoms. The summed E-state index contributed by atoms with van der Waals surface area (Å²) >= 11 is 1.56. The van der Waals surface area contributed by atoms with Gasteiger partial charge >= 0.3 is 0 Å². The maximum Gasteiger partial charge on any atom is 0.261 e. The number of likely N-dealkylation sites (N-methyl/N-ethyl adjacent to an activating group) is 1. The summed E-state index contributed by atoms with van der Waals surface area (Å²) in [6, 6.07) is 6.73. The van der Waals surface area contributed by atoms with Crippen LogP contribution in [0.25, 0.3) is 0 Å². The Kier molecular flexibility index (Phi) is 4.71. The summed E-state index contributed by atoms with van der Waals surface area (Å²) < 4.78 is 0. The molecule has 0 saturated heterocycles.